The molecule has 8 heteroatoms. The molecule has 1 amide bonds. The molecule has 158 valence electrons. The Balaban J connectivity index is 1.65. The predicted octanol–water partition coefficient (Wildman–Crippen LogP) is 3.54. The van der Waals surface area contributed by atoms with Gasteiger partial charge in [0.15, 0.2) is 5.84 Å². The maximum atomic E-state index is 13.8. The maximum absolute atomic E-state index is 13.8. The number of hydrogen-bond acceptors (Lipinski definition) is 6. The molecule has 0 aliphatic carbocycles. The van der Waals surface area contributed by atoms with Crippen LogP contribution in [-0.4, -0.2) is 35.8 Å². The smallest absolute Gasteiger partial charge is 0.373 e. The molecule has 31 heavy (non-hydrogen) atoms. The molecule has 1 aromatic heterocycles. The fourth-order valence-electron chi connectivity index (χ4n) is 3.26. The van der Waals surface area contributed by atoms with Crippen molar-refractivity contribution in [1.82, 2.24) is 4.90 Å². The molecular formula is C23H19FN2O5. The summed E-state index contributed by atoms with van der Waals surface area (Å²) in [7, 11) is 1.25. The van der Waals surface area contributed by atoms with E-state index in [1.165, 1.54) is 36.3 Å². The molecule has 7 nitrogen and oxygen atoms in total. The number of carbonyl (C=O) groups excluding carboxylic acids is 2. The Morgan fingerprint density at radius 2 is 1.94 bits per heavy atom. The van der Waals surface area contributed by atoms with Crippen LogP contribution in [0.4, 0.5) is 4.39 Å². The Morgan fingerprint density at radius 1 is 1.13 bits per heavy atom. The zero-order valence-corrected chi connectivity index (χ0v) is 16.7. The quantitative estimate of drug-likeness (QED) is 0.568. The van der Waals surface area contributed by atoms with Gasteiger partial charge >= 0.3 is 5.97 Å². The van der Waals surface area contributed by atoms with Crippen LogP contribution in [0, 0.1) is 5.82 Å². The van der Waals surface area contributed by atoms with Gasteiger partial charge < -0.3 is 14.0 Å². The van der Waals surface area contributed by atoms with E-state index in [1.54, 1.807) is 12.1 Å². The highest BCUT2D eigenvalue weighted by Gasteiger charge is 2.35. The minimum absolute atomic E-state index is 0.0141. The fraction of sp³-hybridized carbons (Fsp3) is 0.174. The van der Waals surface area contributed by atoms with Crippen LogP contribution < -0.4 is 0 Å². The Morgan fingerprint density at radius 3 is 2.68 bits per heavy atom. The first-order valence-corrected chi connectivity index (χ1v) is 9.57. The van der Waals surface area contributed by atoms with Crippen LogP contribution in [0.1, 0.15) is 27.4 Å². The van der Waals surface area contributed by atoms with Gasteiger partial charge in [0.25, 0.3) is 5.91 Å². The van der Waals surface area contributed by atoms with Crippen LogP contribution in [0.2, 0.25) is 0 Å². The van der Waals surface area contributed by atoms with Gasteiger partial charge in [0.05, 0.1) is 13.7 Å². The van der Waals surface area contributed by atoms with Crippen molar-refractivity contribution in [2.45, 2.75) is 19.1 Å². The number of hydrogen-bond donors (Lipinski definition) is 0. The second-order valence-electron chi connectivity index (χ2n) is 6.89. The van der Waals surface area contributed by atoms with Gasteiger partial charge in [0.1, 0.15) is 11.6 Å². The number of carbonyl (C=O) groups is 2. The lowest BCUT2D eigenvalue weighted by molar-refractivity contribution is -0.143. The molecule has 4 rings (SSSR count). The summed E-state index contributed by atoms with van der Waals surface area (Å²) in [4.78, 5) is 31.8. The second-order valence-corrected chi connectivity index (χ2v) is 6.89. The van der Waals surface area contributed by atoms with Crippen LogP contribution in [0.5, 0.6) is 0 Å². The van der Waals surface area contributed by atoms with Crippen LogP contribution in [-0.2, 0) is 27.3 Å². The summed E-state index contributed by atoms with van der Waals surface area (Å²) in [5.74, 6) is -0.925. The number of rotatable bonds is 6. The van der Waals surface area contributed by atoms with Crippen LogP contribution in [0.3, 0.4) is 0 Å². The first-order valence-electron chi connectivity index (χ1n) is 9.57. The van der Waals surface area contributed by atoms with Crippen LogP contribution >= 0.6 is 0 Å². The summed E-state index contributed by atoms with van der Waals surface area (Å²) in [6, 6.07) is 18.2. The average Bonchev–Trinajstić information content (AvgIpc) is 3.25. The first-order chi connectivity index (χ1) is 15.0. The number of amides is 1. The summed E-state index contributed by atoms with van der Waals surface area (Å²) >= 11 is 0. The van der Waals surface area contributed by atoms with Gasteiger partial charge in [-0.2, -0.15) is 0 Å². The van der Waals surface area contributed by atoms with E-state index in [1.807, 2.05) is 30.3 Å². The summed E-state index contributed by atoms with van der Waals surface area (Å²) in [5, 5.41) is 4.13. The molecule has 1 aliphatic rings. The highest BCUT2D eigenvalue weighted by Crippen LogP contribution is 2.22. The maximum Gasteiger partial charge on any atom is 0.373 e. The van der Waals surface area contributed by atoms with Crippen molar-refractivity contribution >= 4 is 17.7 Å². The fourth-order valence-corrected chi connectivity index (χ4v) is 3.26. The third-order valence-electron chi connectivity index (χ3n) is 4.77. The summed E-state index contributed by atoms with van der Waals surface area (Å²) in [6.07, 6.45) is -0.531. The van der Waals surface area contributed by atoms with Crippen LogP contribution in [0.15, 0.2) is 76.3 Å². The van der Waals surface area contributed by atoms with Crippen molar-refractivity contribution in [2.24, 2.45) is 5.16 Å². The van der Waals surface area contributed by atoms with Crippen molar-refractivity contribution in [3.05, 3.63) is 95.2 Å². The molecule has 0 N–H and O–H groups in total. The standard InChI is InChI=1S/C23H19FN2O5/c1-29-23(28)19-11-10-18(30-19)14-26-21(16-8-5-9-17(24)13-16)25-31-20(22(26)27)12-15-6-3-2-4-7-15/h2-11,13,20H,12,14H2,1H3. The largest absolute Gasteiger partial charge is 0.463 e. The number of halogens is 1. The zero-order valence-electron chi connectivity index (χ0n) is 16.7. The molecule has 1 aliphatic heterocycles. The van der Waals surface area contributed by atoms with E-state index in [9.17, 15) is 14.0 Å². The molecule has 0 bridgehead atoms. The minimum Gasteiger partial charge on any atom is -0.463 e. The minimum atomic E-state index is -0.852. The van der Waals surface area contributed by atoms with E-state index in [2.05, 4.69) is 9.89 Å². The Kier molecular flexibility index (Phi) is 5.79. The number of oxime groups is 1. The number of furan rings is 1. The van der Waals surface area contributed by atoms with E-state index >= 15 is 0 Å². The Labute approximate surface area is 177 Å². The summed E-state index contributed by atoms with van der Waals surface area (Å²) < 4.78 is 24.0. The molecule has 1 unspecified atom stereocenters. The number of benzene rings is 2. The number of esters is 1. The molecule has 0 radical (unpaired) electrons. The SMILES string of the molecule is COC(=O)c1ccc(CN2C(=O)C(Cc3ccccc3)ON=C2c2cccc(F)c2)o1. The molecular weight excluding hydrogens is 403 g/mol. The molecule has 0 spiro atoms. The van der Waals surface area contributed by atoms with Crippen LogP contribution in [0.25, 0.3) is 0 Å². The predicted molar refractivity (Wildman–Crippen MR) is 109 cm³/mol. The normalized spacial score (nSPS) is 15.9. The monoisotopic (exact) mass is 422 g/mol. The number of methoxy groups -OCH3 is 1. The summed E-state index contributed by atoms with van der Waals surface area (Å²) in [6.45, 7) is -0.0141. The van der Waals surface area contributed by atoms with Crippen molar-refractivity contribution in [1.29, 1.82) is 0 Å². The van der Waals surface area contributed by atoms with Gasteiger partial charge in [-0.15, -0.1) is 0 Å². The third-order valence-corrected chi connectivity index (χ3v) is 4.77. The topological polar surface area (TPSA) is 81.3 Å². The van der Waals surface area contributed by atoms with Crippen molar-refractivity contribution in [3.8, 4) is 0 Å². The molecule has 3 aromatic rings. The lowest BCUT2D eigenvalue weighted by Gasteiger charge is -2.30. The van der Waals surface area contributed by atoms with Gasteiger partial charge in [0.2, 0.25) is 11.9 Å². The third kappa shape index (κ3) is 4.48. The van der Waals surface area contributed by atoms with E-state index in [0.717, 1.165) is 5.56 Å². The van der Waals surface area contributed by atoms with Gasteiger partial charge in [0, 0.05) is 12.0 Å². The number of nitrogens with zero attached hydrogens (tertiary/aromatic N) is 2. The van der Waals surface area contributed by atoms with E-state index in [-0.39, 0.29) is 24.0 Å². The highest BCUT2D eigenvalue weighted by atomic mass is 19.1. The van der Waals surface area contributed by atoms with Crippen molar-refractivity contribution < 1.29 is 28.0 Å². The molecule has 0 saturated heterocycles. The zero-order chi connectivity index (χ0) is 21.8. The lowest BCUT2D eigenvalue weighted by Crippen LogP contribution is -2.48. The first kappa shape index (κ1) is 20.3. The van der Waals surface area contributed by atoms with E-state index in [4.69, 9.17) is 9.25 Å². The second kappa shape index (κ2) is 8.83. The molecule has 2 heterocycles. The van der Waals surface area contributed by atoms with Gasteiger partial charge in [-0.3, -0.25) is 9.69 Å². The van der Waals surface area contributed by atoms with Gasteiger partial charge in [-0.05, 0) is 29.8 Å². The van der Waals surface area contributed by atoms with Crippen molar-refractivity contribution in [3.63, 3.8) is 0 Å². The molecule has 1 atom stereocenters. The van der Waals surface area contributed by atoms with Gasteiger partial charge in [-0.1, -0.05) is 47.6 Å². The Hall–Kier alpha value is -3.94. The molecule has 2 aromatic carbocycles. The lowest BCUT2D eigenvalue weighted by atomic mass is 10.1. The van der Waals surface area contributed by atoms with E-state index < -0.39 is 17.9 Å². The average molecular weight is 422 g/mol. The Bertz CT molecular complexity index is 1130. The van der Waals surface area contributed by atoms with E-state index in [0.29, 0.717) is 17.7 Å². The van der Waals surface area contributed by atoms with Gasteiger partial charge in [-0.25, -0.2) is 9.18 Å². The highest BCUT2D eigenvalue weighted by molar-refractivity contribution is 6.09. The molecule has 0 saturated carbocycles. The van der Waals surface area contributed by atoms with Crippen molar-refractivity contribution in [2.75, 3.05) is 7.11 Å². The molecule has 0 fully saturated rings. The summed E-state index contributed by atoms with van der Waals surface area (Å²) in [5.41, 5.74) is 1.29. The number of ether oxygens (including phenoxy) is 1. The number of amidine groups is 1.